The van der Waals surface area contributed by atoms with Gasteiger partial charge in [-0.15, -0.1) is 0 Å². The highest BCUT2D eigenvalue weighted by atomic mass is 16.6. The number of ether oxygens (including phenoxy) is 3. The van der Waals surface area contributed by atoms with Crippen LogP contribution in [0, 0.1) is 20.8 Å². The summed E-state index contributed by atoms with van der Waals surface area (Å²) < 4.78 is 16.7. The molecule has 0 saturated heterocycles. The normalized spacial score (nSPS) is 12.5. The summed E-state index contributed by atoms with van der Waals surface area (Å²) >= 11 is 0. The Morgan fingerprint density at radius 3 is 2.20 bits per heavy atom. The van der Waals surface area contributed by atoms with Crippen LogP contribution in [-0.4, -0.2) is 36.2 Å². The Hall–Kier alpha value is -3.64. The van der Waals surface area contributed by atoms with Crippen molar-refractivity contribution in [3.63, 3.8) is 0 Å². The maximum atomic E-state index is 11.0. The van der Waals surface area contributed by atoms with Crippen LogP contribution in [-0.2, 0) is 16.1 Å². The Morgan fingerprint density at radius 1 is 0.943 bits per heavy atom. The van der Waals surface area contributed by atoms with Gasteiger partial charge in [-0.2, -0.15) is 0 Å². The fourth-order valence-corrected chi connectivity index (χ4v) is 3.88. The van der Waals surface area contributed by atoms with Gasteiger partial charge in [-0.05, 0) is 97.5 Å². The molecule has 3 aromatic rings. The zero-order valence-corrected chi connectivity index (χ0v) is 20.9. The third-order valence-corrected chi connectivity index (χ3v) is 5.77. The van der Waals surface area contributed by atoms with Gasteiger partial charge in [-0.1, -0.05) is 18.2 Å². The molecule has 6 heteroatoms. The standard InChI is InChI=1S/C29H32O6/c1-19-13-26(35-18-29(5,32)17-34-22(4)31)14-20(2)28(19)27-8-6-7-24(21(27)3)16-33-25-11-9-23(15-30)10-12-25/h6-15,32H,16-18H2,1-5H3. The lowest BCUT2D eigenvalue weighted by atomic mass is 9.90. The zero-order valence-electron chi connectivity index (χ0n) is 20.9. The van der Waals surface area contributed by atoms with Crippen LogP contribution in [0.15, 0.2) is 54.6 Å². The molecule has 0 radical (unpaired) electrons. The fraction of sp³-hybridized carbons (Fsp3) is 0.310. The van der Waals surface area contributed by atoms with Gasteiger partial charge in [0.15, 0.2) is 0 Å². The molecule has 0 amide bonds. The first-order chi connectivity index (χ1) is 16.6. The van der Waals surface area contributed by atoms with E-state index in [1.54, 1.807) is 31.2 Å². The number of carbonyl (C=O) groups is 2. The molecule has 3 rings (SSSR count). The maximum Gasteiger partial charge on any atom is 0.302 e. The van der Waals surface area contributed by atoms with Crippen LogP contribution < -0.4 is 9.47 Å². The molecule has 0 aliphatic heterocycles. The molecule has 1 atom stereocenters. The molecule has 184 valence electrons. The molecule has 0 fully saturated rings. The van der Waals surface area contributed by atoms with E-state index in [1.165, 1.54) is 6.92 Å². The van der Waals surface area contributed by atoms with Crippen LogP contribution in [0.4, 0.5) is 0 Å². The summed E-state index contributed by atoms with van der Waals surface area (Å²) in [6.07, 6.45) is 0.809. The van der Waals surface area contributed by atoms with Gasteiger partial charge < -0.3 is 19.3 Å². The number of benzene rings is 3. The van der Waals surface area contributed by atoms with E-state index in [0.717, 1.165) is 39.7 Å². The quantitative estimate of drug-likeness (QED) is 0.313. The largest absolute Gasteiger partial charge is 0.490 e. The summed E-state index contributed by atoms with van der Waals surface area (Å²) in [6.45, 7) is 9.30. The lowest BCUT2D eigenvalue weighted by molar-refractivity contribution is -0.149. The van der Waals surface area contributed by atoms with Gasteiger partial charge in [0.1, 0.15) is 43.2 Å². The molecular formula is C29H32O6. The van der Waals surface area contributed by atoms with Crippen LogP contribution in [0.3, 0.4) is 0 Å². The van der Waals surface area contributed by atoms with Gasteiger partial charge in [0, 0.05) is 12.5 Å². The minimum atomic E-state index is -1.29. The second kappa shape index (κ2) is 11.2. The van der Waals surface area contributed by atoms with Crippen LogP contribution in [0.25, 0.3) is 11.1 Å². The number of rotatable bonds is 10. The molecule has 0 aliphatic rings. The number of aryl methyl sites for hydroxylation is 2. The van der Waals surface area contributed by atoms with E-state index < -0.39 is 11.6 Å². The molecule has 0 aliphatic carbocycles. The number of carbonyl (C=O) groups excluding carboxylic acids is 2. The van der Waals surface area contributed by atoms with E-state index in [1.807, 2.05) is 38.1 Å². The van der Waals surface area contributed by atoms with E-state index in [9.17, 15) is 14.7 Å². The predicted octanol–water partition coefficient (Wildman–Crippen LogP) is 5.36. The third kappa shape index (κ3) is 6.93. The van der Waals surface area contributed by atoms with Crippen molar-refractivity contribution in [1.29, 1.82) is 0 Å². The van der Waals surface area contributed by atoms with Crippen molar-refractivity contribution in [2.75, 3.05) is 13.2 Å². The predicted molar refractivity (Wildman–Crippen MR) is 135 cm³/mol. The first-order valence-corrected chi connectivity index (χ1v) is 11.5. The summed E-state index contributed by atoms with van der Waals surface area (Å²) in [5.74, 6) is 0.904. The van der Waals surface area contributed by atoms with Crippen LogP contribution in [0.2, 0.25) is 0 Å². The topological polar surface area (TPSA) is 82.1 Å². The van der Waals surface area contributed by atoms with Crippen molar-refractivity contribution >= 4 is 12.3 Å². The molecule has 0 bridgehead atoms. The second-order valence-corrected chi connectivity index (χ2v) is 9.06. The molecule has 6 nitrogen and oxygen atoms in total. The first kappa shape index (κ1) is 26.0. The van der Waals surface area contributed by atoms with E-state index in [4.69, 9.17) is 14.2 Å². The number of aldehydes is 1. The number of esters is 1. The molecule has 1 unspecified atom stereocenters. The molecule has 0 heterocycles. The average Bonchev–Trinajstić information content (AvgIpc) is 2.82. The van der Waals surface area contributed by atoms with E-state index in [2.05, 4.69) is 13.0 Å². The smallest absolute Gasteiger partial charge is 0.302 e. The minimum absolute atomic E-state index is 0.00180. The molecule has 0 aromatic heterocycles. The number of aliphatic hydroxyl groups is 1. The molecule has 1 N–H and O–H groups in total. The Kier molecular flexibility index (Phi) is 8.30. The highest BCUT2D eigenvalue weighted by molar-refractivity contribution is 5.76. The highest BCUT2D eigenvalue weighted by Gasteiger charge is 2.24. The lowest BCUT2D eigenvalue weighted by Crippen LogP contribution is -2.38. The van der Waals surface area contributed by atoms with Crippen molar-refractivity contribution in [2.24, 2.45) is 0 Å². The summed E-state index contributed by atoms with van der Waals surface area (Å²) in [6, 6.07) is 17.1. The van der Waals surface area contributed by atoms with Gasteiger partial charge >= 0.3 is 5.97 Å². The van der Waals surface area contributed by atoms with Crippen LogP contribution >= 0.6 is 0 Å². The molecule has 0 spiro atoms. The molecule has 35 heavy (non-hydrogen) atoms. The van der Waals surface area contributed by atoms with Crippen molar-refractivity contribution in [3.8, 4) is 22.6 Å². The Bertz CT molecular complexity index is 1170. The van der Waals surface area contributed by atoms with Crippen molar-refractivity contribution in [2.45, 2.75) is 46.8 Å². The maximum absolute atomic E-state index is 11.0. The number of hydrogen-bond donors (Lipinski definition) is 1. The fourth-order valence-electron chi connectivity index (χ4n) is 3.88. The van der Waals surface area contributed by atoms with Gasteiger partial charge in [-0.25, -0.2) is 0 Å². The summed E-state index contributed by atoms with van der Waals surface area (Å²) in [5.41, 5.74) is 5.86. The Balaban J connectivity index is 1.76. The SMILES string of the molecule is CC(=O)OCC(C)(O)COc1cc(C)c(-c2cccc(COc3ccc(C=O)cc3)c2C)c(C)c1. The first-order valence-electron chi connectivity index (χ1n) is 11.5. The van der Waals surface area contributed by atoms with Crippen molar-refractivity contribution in [1.82, 2.24) is 0 Å². The minimum Gasteiger partial charge on any atom is -0.490 e. The van der Waals surface area contributed by atoms with Gasteiger partial charge in [0.2, 0.25) is 0 Å². The van der Waals surface area contributed by atoms with E-state index >= 15 is 0 Å². The highest BCUT2D eigenvalue weighted by Crippen LogP contribution is 2.34. The Labute approximate surface area is 206 Å². The Morgan fingerprint density at radius 2 is 1.60 bits per heavy atom. The molecular weight excluding hydrogens is 444 g/mol. The van der Waals surface area contributed by atoms with Crippen LogP contribution in [0.5, 0.6) is 11.5 Å². The lowest BCUT2D eigenvalue weighted by Gasteiger charge is -2.23. The van der Waals surface area contributed by atoms with Crippen molar-refractivity contribution < 1.29 is 28.9 Å². The van der Waals surface area contributed by atoms with E-state index in [-0.39, 0.29) is 13.2 Å². The van der Waals surface area contributed by atoms with Gasteiger partial charge in [-0.3, -0.25) is 9.59 Å². The van der Waals surface area contributed by atoms with Gasteiger partial charge in [0.05, 0.1) is 0 Å². The monoisotopic (exact) mass is 476 g/mol. The summed E-state index contributed by atoms with van der Waals surface area (Å²) in [7, 11) is 0. The molecule has 3 aromatic carbocycles. The second-order valence-electron chi connectivity index (χ2n) is 9.06. The zero-order chi connectivity index (χ0) is 25.6. The third-order valence-electron chi connectivity index (χ3n) is 5.77. The molecule has 0 saturated carbocycles. The number of hydrogen-bond acceptors (Lipinski definition) is 6. The summed E-state index contributed by atoms with van der Waals surface area (Å²) in [5, 5.41) is 10.4. The van der Waals surface area contributed by atoms with Crippen LogP contribution in [0.1, 0.15) is 46.5 Å². The van der Waals surface area contributed by atoms with Gasteiger partial charge in [0.25, 0.3) is 0 Å². The summed E-state index contributed by atoms with van der Waals surface area (Å²) in [4.78, 5) is 21.9. The average molecular weight is 477 g/mol. The van der Waals surface area contributed by atoms with Crippen molar-refractivity contribution in [3.05, 3.63) is 82.4 Å². The van der Waals surface area contributed by atoms with E-state index in [0.29, 0.717) is 23.7 Å².